The van der Waals surface area contributed by atoms with Gasteiger partial charge in [0.05, 0.1) is 5.69 Å². The molecule has 2 rings (SSSR count). The second-order valence-electron chi connectivity index (χ2n) is 2.92. The minimum atomic E-state index is -0.343. The van der Waals surface area contributed by atoms with E-state index in [0.29, 0.717) is 17.0 Å². The Labute approximate surface area is 82.0 Å². The van der Waals surface area contributed by atoms with Crippen molar-refractivity contribution in [3.8, 4) is 5.69 Å². The van der Waals surface area contributed by atoms with Gasteiger partial charge in [-0.05, 0) is 19.1 Å². The number of halogens is 1. The lowest BCUT2D eigenvalue weighted by Gasteiger charge is -2.06. The van der Waals surface area contributed by atoms with E-state index in [1.165, 1.54) is 29.2 Å². The van der Waals surface area contributed by atoms with E-state index in [-0.39, 0.29) is 5.82 Å². The average Bonchev–Trinajstić information content (AvgIpc) is 2.56. The fourth-order valence-corrected chi connectivity index (χ4v) is 1.24. The fourth-order valence-electron chi connectivity index (χ4n) is 1.24. The van der Waals surface area contributed by atoms with Gasteiger partial charge in [-0.3, -0.25) is 0 Å². The molecule has 0 aliphatic carbocycles. The van der Waals surface area contributed by atoms with Gasteiger partial charge in [0.2, 0.25) is 0 Å². The molecule has 0 fully saturated rings. The summed E-state index contributed by atoms with van der Waals surface area (Å²) < 4.78 is 14.5. The molecule has 1 heterocycles. The summed E-state index contributed by atoms with van der Waals surface area (Å²) in [6.45, 7) is 1.78. The number of hydrogen-bond donors (Lipinski definition) is 0. The first kappa shape index (κ1) is 8.93. The molecule has 0 bridgehead atoms. The highest BCUT2D eigenvalue weighted by Crippen LogP contribution is 2.06. The molecule has 0 unspecified atom stereocenters. The highest BCUT2D eigenvalue weighted by molar-refractivity contribution is 6.34. The molecular weight excluding hydrogens is 180 g/mol. The summed E-state index contributed by atoms with van der Waals surface area (Å²) in [5.41, 5.74) is 0.986. The van der Waals surface area contributed by atoms with Gasteiger partial charge in [-0.2, -0.15) is 5.10 Å². The van der Waals surface area contributed by atoms with Crippen LogP contribution in [0.5, 0.6) is 0 Å². The van der Waals surface area contributed by atoms with E-state index in [4.69, 9.17) is 7.85 Å². The van der Waals surface area contributed by atoms with E-state index in [9.17, 15) is 4.39 Å². The Balaban J connectivity index is 2.62. The second-order valence-corrected chi connectivity index (χ2v) is 2.92. The second kappa shape index (κ2) is 3.25. The molecule has 1 aromatic carbocycles. The third-order valence-electron chi connectivity index (χ3n) is 1.94. The van der Waals surface area contributed by atoms with Crippen LogP contribution in [0.4, 0.5) is 4.39 Å². The van der Waals surface area contributed by atoms with Gasteiger partial charge in [0.1, 0.15) is 25.8 Å². The van der Waals surface area contributed by atoms with E-state index < -0.39 is 0 Å². The zero-order valence-corrected chi connectivity index (χ0v) is 7.61. The van der Waals surface area contributed by atoms with Crippen LogP contribution in [0, 0.1) is 12.7 Å². The summed E-state index contributed by atoms with van der Waals surface area (Å²) >= 11 is 0. The Hall–Kier alpha value is -1.65. The van der Waals surface area contributed by atoms with Crippen LogP contribution in [0.3, 0.4) is 0 Å². The lowest BCUT2D eigenvalue weighted by molar-refractivity contribution is 0.625. The SMILES string of the molecule is [B]c1ccc(F)cc1-n1ncnc1C. The maximum Gasteiger partial charge on any atom is 0.138 e. The molecule has 2 radical (unpaired) electrons. The van der Waals surface area contributed by atoms with Gasteiger partial charge in [0.15, 0.2) is 0 Å². The summed E-state index contributed by atoms with van der Waals surface area (Å²) in [5, 5.41) is 3.95. The van der Waals surface area contributed by atoms with Gasteiger partial charge in [0.25, 0.3) is 0 Å². The van der Waals surface area contributed by atoms with Crippen LogP contribution in [0.25, 0.3) is 5.69 Å². The van der Waals surface area contributed by atoms with E-state index in [2.05, 4.69) is 10.1 Å². The van der Waals surface area contributed by atoms with Gasteiger partial charge in [-0.25, -0.2) is 14.1 Å². The molecule has 3 nitrogen and oxygen atoms in total. The molecule has 0 saturated heterocycles. The topological polar surface area (TPSA) is 30.7 Å². The van der Waals surface area contributed by atoms with Crippen molar-refractivity contribution in [1.29, 1.82) is 0 Å². The minimum Gasteiger partial charge on any atom is -0.220 e. The Morgan fingerprint density at radius 3 is 2.86 bits per heavy atom. The van der Waals surface area contributed by atoms with Crippen LogP contribution < -0.4 is 5.46 Å². The normalized spacial score (nSPS) is 10.4. The molecule has 0 amide bonds. The zero-order chi connectivity index (χ0) is 10.1. The number of aryl methyl sites for hydroxylation is 1. The summed E-state index contributed by atoms with van der Waals surface area (Å²) in [5.74, 6) is 0.325. The molecule has 2 aromatic rings. The number of hydrogen-bond acceptors (Lipinski definition) is 2. The van der Waals surface area contributed by atoms with Gasteiger partial charge in [0, 0.05) is 0 Å². The number of rotatable bonds is 1. The predicted octanol–water partition coefficient (Wildman–Crippen LogP) is 0.509. The monoisotopic (exact) mass is 187 g/mol. The number of nitrogens with zero attached hydrogens (tertiary/aromatic N) is 3. The highest BCUT2D eigenvalue weighted by atomic mass is 19.1. The number of aromatic nitrogens is 3. The van der Waals surface area contributed by atoms with Crippen molar-refractivity contribution < 1.29 is 4.39 Å². The lowest BCUT2D eigenvalue weighted by atomic mass is 9.94. The van der Waals surface area contributed by atoms with Crippen molar-refractivity contribution in [2.45, 2.75) is 6.92 Å². The molecule has 0 saturated carbocycles. The van der Waals surface area contributed by atoms with Crippen molar-refractivity contribution >= 4 is 13.3 Å². The first-order valence-corrected chi connectivity index (χ1v) is 4.10. The first-order chi connectivity index (χ1) is 6.68. The molecule has 5 heteroatoms. The van der Waals surface area contributed by atoms with Crippen molar-refractivity contribution in [3.63, 3.8) is 0 Å². The summed E-state index contributed by atoms with van der Waals surface area (Å²) in [7, 11) is 5.69. The molecule has 0 aliphatic rings. The Morgan fingerprint density at radius 1 is 1.43 bits per heavy atom. The van der Waals surface area contributed by atoms with E-state index in [0.717, 1.165) is 0 Å². The van der Waals surface area contributed by atoms with Crippen LogP contribution in [0.1, 0.15) is 5.82 Å². The third-order valence-corrected chi connectivity index (χ3v) is 1.94. The van der Waals surface area contributed by atoms with Gasteiger partial charge >= 0.3 is 0 Å². The van der Waals surface area contributed by atoms with Crippen molar-refractivity contribution in [1.82, 2.24) is 14.8 Å². The molecular formula is C9H7BFN3. The van der Waals surface area contributed by atoms with E-state index >= 15 is 0 Å². The Bertz CT molecular complexity index is 467. The van der Waals surface area contributed by atoms with Gasteiger partial charge in [-0.1, -0.05) is 11.5 Å². The Kier molecular flexibility index (Phi) is 2.07. The van der Waals surface area contributed by atoms with E-state index in [1.807, 2.05) is 0 Å². The summed E-state index contributed by atoms with van der Waals surface area (Å²) in [6.07, 6.45) is 1.40. The van der Waals surface area contributed by atoms with Gasteiger partial charge in [-0.15, -0.1) is 0 Å². The molecule has 68 valence electrons. The maximum absolute atomic E-state index is 13.0. The largest absolute Gasteiger partial charge is 0.220 e. The van der Waals surface area contributed by atoms with Crippen molar-refractivity contribution in [3.05, 3.63) is 36.2 Å². The molecule has 0 N–H and O–H groups in total. The van der Waals surface area contributed by atoms with Crippen LogP contribution in [0.15, 0.2) is 24.5 Å². The van der Waals surface area contributed by atoms with E-state index in [1.54, 1.807) is 6.92 Å². The first-order valence-electron chi connectivity index (χ1n) is 4.10. The summed E-state index contributed by atoms with van der Waals surface area (Å²) in [4.78, 5) is 3.94. The summed E-state index contributed by atoms with van der Waals surface area (Å²) in [6, 6.07) is 4.15. The van der Waals surface area contributed by atoms with Gasteiger partial charge < -0.3 is 0 Å². The van der Waals surface area contributed by atoms with Crippen LogP contribution >= 0.6 is 0 Å². The molecule has 0 aliphatic heterocycles. The third kappa shape index (κ3) is 1.41. The quantitative estimate of drug-likeness (QED) is 0.609. The zero-order valence-electron chi connectivity index (χ0n) is 7.61. The maximum atomic E-state index is 13.0. The molecule has 14 heavy (non-hydrogen) atoms. The molecule has 0 spiro atoms. The smallest absolute Gasteiger partial charge is 0.138 e. The van der Waals surface area contributed by atoms with Crippen LogP contribution in [0.2, 0.25) is 0 Å². The van der Waals surface area contributed by atoms with Crippen molar-refractivity contribution in [2.24, 2.45) is 0 Å². The molecule has 0 atom stereocenters. The predicted molar refractivity (Wildman–Crippen MR) is 51.4 cm³/mol. The highest BCUT2D eigenvalue weighted by Gasteiger charge is 2.05. The number of benzene rings is 1. The standard InChI is InChI=1S/C9H7BFN3/c1-6-12-5-13-14(6)9-4-7(11)2-3-8(9)10/h2-5H,1H3. The lowest BCUT2D eigenvalue weighted by Crippen LogP contribution is -2.14. The van der Waals surface area contributed by atoms with Crippen LogP contribution in [-0.4, -0.2) is 22.6 Å². The average molecular weight is 187 g/mol. The van der Waals surface area contributed by atoms with Crippen molar-refractivity contribution in [2.75, 3.05) is 0 Å². The minimum absolute atomic E-state index is 0.343. The fraction of sp³-hybridized carbons (Fsp3) is 0.111. The molecule has 1 aromatic heterocycles. The van der Waals surface area contributed by atoms with Crippen LogP contribution in [-0.2, 0) is 0 Å². The Morgan fingerprint density at radius 2 is 2.21 bits per heavy atom.